The first-order valence-electron chi connectivity index (χ1n) is 13.9. The van der Waals surface area contributed by atoms with Crippen LogP contribution in [0.25, 0.3) is 0 Å². The molecule has 2 aromatic rings. The summed E-state index contributed by atoms with van der Waals surface area (Å²) in [7, 11) is 0. The highest BCUT2D eigenvalue weighted by Gasteiger charge is 2.61. The summed E-state index contributed by atoms with van der Waals surface area (Å²) < 4.78 is 9.80. The van der Waals surface area contributed by atoms with Crippen LogP contribution in [0.5, 0.6) is 0 Å². The van der Waals surface area contributed by atoms with Crippen molar-refractivity contribution in [2.45, 2.75) is 95.7 Å². The lowest BCUT2D eigenvalue weighted by Crippen LogP contribution is -2.54. The van der Waals surface area contributed by atoms with Crippen molar-refractivity contribution < 1.29 is 1.37 Å². The van der Waals surface area contributed by atoms with E-state index >= 15 is 0 Å². The molecule has 1 saturated heterocycles. The van der Waals surface area contributed by atoms with Gasteiger partial charge in [0.05, 0.1) is 19.6 Å². The van der Waals surface area contributed by atoms with Crippen LogP contribution in [-0.4, -0.2) is 17.6 Å². The zero-order chi connectivity index (χ0) is 22.6. The summed E-state index contributed by atoms with van der Waals surface area (Å²) in [5.41, 5.74) is 5.69. The van der Waals surface area contributed by atoms with Gasteiger partial charge in [0.15, 0.2) is 0 Å². The van der Waals surface area contributed by atoms with Crippen LogP contribution in [0, 0.1) is 18.8 Å². The van der Waals surface area contributed by atoms with Crippen molar-refractivity contribution in [1.29, 1.82) is 0 Å². The second kappa shape index (κ2) is 8.20. The van der Waals surface area contributed by atoms with Gasteiger partial charge in [-0.2, -0.15) is 0 Å². The van der Waals surface area contributed by atoms with E-state index in [9.17, 15) is 1.37 Å². The van der Waals surface area contributed by atoms with E-state index in [1.807, 2.05) is 0 Å². The number of benzene rings is 2. The summed E-state index contributed by atoms with van der Waals surface area (Å²) in [4.78, 5) is 5.19. The molecule has 4 aliphatic rings. The van der Waals surface area contributed by atoms with Gasteiger partial charge in [0.1, 0.15) is 0 Å². The highest BCUT2D eigenvalue weighted by Crippen LogP contribution is 2.62. The molecular formula is C30H40N2. The average molecular weight is 430 g/mol. The Bertz CT molecular complexity index is 972. The van der Waals surface area contributed by atoms with Gasteiger partial charge in [-0.05, 0) is 74.1 Å². The summed E-state index contributed by atoms with van der Waals surface area (Å²) in [6.45, 7) is 4.26. The Morgan fingerprint density at radius 2 is 1.41 bits per heavy atom. The first kappa shape index (κ1) is 19.6. The van der Waals surface area contributed by atoms with Crippen molar-refractivity contribution in [2.75, 3.05) is 11.5 Å². The third-order valence-electron chi connectivity index (χ3n) is 9.43. The van der Waals surface area contributed by atoms with E-state index in [0.29, 0.717) is 23.9 Å². The van der Waals surface area contributed by atoms with E-state index in [1.165, 1.54) is 81.0 Å². The monoisotopic (exact) mass is 429 g/mol. The maximum absolute atomic E-state index is 9.80. The Balaban J connectivity index is 1.55. The lowest BCUT2D eigenvalue weighted by molar-refractivity contribution is -0.0428. The van der Waals surface area contributed by atoms with Crippen LogP contribution < -0.4 is 4.90 Å². The summed E-state index contributed by atoms with van der Waals surface area (Å²) in [5, 5.41) is 0. The van der Waals surface area contributed by atoms with E-state index in [4.69, 9.17) is 0 Å². The summed E-state index contributed by atoms with van der Waals surface area (Å²) in [6, 6.07) is 18.7. The molecule has 32 heavy (non-hydrogen) atoms. The van der Waals surface area contributed by atoms with Crippen molar-refractivity contribution in [2.24, 2.45) is 11.8 Å². The zero-order valence-electron chi connectivity index (χ0n) is 21.0. The number of para-hydroxylation sites is 1. The lowest BCUT2D eigenvalue weighted by Gasteiger charge is -2.52. The Morgan fingerprint density at radius 1 is 0.812 bits per heavy atom. The van der Waals surface area contributed by atoms with Gasteiger partial charge in [-0.1, -0.05) is 81.0 Å². The van der Waals surface area contributed by atoms with E-state index < -0.39 is 0 Å². The minimum Gasteiger partial charge on any atom is -0.354 e. The van der Waals surface area contributed by atoms with Crippen LogP contribution in [0.4, 0.5) is 5.69 Å². The molecule has 2 aliphatic carbocycles. The molecule has 6 rings (SSSR count). The Hall–Kier alpha value is -1.80. The van der Waals surface area contributed by atoms with Crippen LogP contribution in [0.1, 0.15) is 95.2 Å². The molecule has 0 radical (unpaired) electrons. The largest absolute Gasteiger partial charge is 0.354 e. The minimum absolute atomic E-state index is 0.0280. The third-order valence-corrected chi connectivity index (χ3v) is 9.43. The first-order valence-corrected chi connectivity index (χ1v) is 13.3. The molecule has 2 heterocycles. The second-order valence-electron chi connectivity index (χ2n) is 11.0. The molecule has 3 atom stereocenters. The van der Waals surface area contributed by atoms with Gasteiger partial charge in [-0.25, -0.2) is 0 Å². The predicted molar refractivity (Wildman–Crippen MR) is 134 cm³/mol. The van der Waals surface area contributed by atoms with Gasteiger partial charge >= 0.3 is 0 Å². The fourth-order valence-corrected chi connectivity index (χ4v) is 8.10. The van der Waals surface area contributed by atoms with Crippen LogP contribution in [0.2, 0.25) is 0 Å². The molecule has 0 spiro atoms. The van der Waals surface area contributed by atoms with Crippen molar-refractivity contribution in [1.82, 2.24) is 4.90 Å². The molecule has 2 aromatic carbocycles. The quantitative estimate of drug-likeness (QED) is 0.496. The first-order chi connectivity index (χ1) is 16.2. The maximum Gasteiger partial charge on any atom is 0.0724 e. The van der Waals surface area contributed by atoms with Crippen molar-refractivity contribution >= 4 is 5.69 Å². The Kier molecular flexibility index (Phi) is 5.04. The number of fused-ring (bicyclic) bond motifs is 3. The fraction of sp³-hybridized carbons (Fsp3) is 0.600. The van der Waals surface area contributed by atoms with Gasteiger partial charge in [0.25, 0.3) is 0 Å². The highest BCUT2D eigenvalue weighted by atomic mass is 15.5. The molecule has 0 amide bonds. The molecular weight excluding hydrogens is 388 g/mol. The Morgan fingerprint density at radius 3 is 2.06 bits per heavy atom. The number of hydrogen-bond donors (Lipinski definition) is 0. The van der Waals surface area contributed by atoms with Crippen LogP contribution >= 0.6 is 0 Å². The van der Waals surface area contributed by atoms with Crippen LogP contribution in [-0.2, 0) is 5.54 Å². The molecule has 3 fully saturated rings. The van der Waals surface area contributed by atoms with Crippen LogP contribution in [0.15, 0.2) is 48.5 Å². The fourth-order valence-electron chi connectivity index (χ4n) is 8.10. The van der Waals surface area contributed by atoms with Crippen molar-refractivity contribution in [3.05, 3.63) is 65.2 Å². The number of hydrogen-bond acceptors (Lipinski definition) is 2. The van der Waals surface area contributed by atoms with Gasteiger partial charge in [0, 0.05) is 11.7 Å². The molecule has 2 saturated carbocycles. The minimum atomic E-state index is -0.331. The maximum atomic E-state index is 9.80. The van der Waals surface area contributed by atoms with Crippen LogP contribution in [0.3, 0.4) is 0 Å². The topological polar surface area (TPSA) is 6.48 Å². The van der Waals surface area contributed by atoms with Gasteiger partial charge < -0.3 is 4.90 Å². The van der Waals surface area contributed by atoms with Crippen molar-refractivity contribution in [3.63, 3.8) is 0 Å². The predicted octanol–water partition coefficient (Wildman–Crippen LogP) is 7.57. The molecule has 0 aromatic heterocycles. The summed E-state index contributed by atoms with van der Waals surface area (Å²) in [5.74, 6) is 1.36. The average Bonchev–Trinajstić information content (AvgIpc) is 3.31. The van der Waals surface area contributed by atoms with E-state index in [0.717, 1.165) is 0 Å². The van der Waals surface area contributed by atoms with Gasteiger partial charge in [0.2, 0.25) is 0 Å². The highest BCUT2D eigenvalue weighted by molar-refractivity contribution is 5.57. The number of anilines is 1. The molecule has 0 bridgehead atoms. The standard InChI is InChI=1S/C30H40N2/c1-22-13-9-12-20-28(22)31-21-32-29(23(31)2)26-18-10-11-19-27(26)30(32,24-14-5-3-6-15-24)25-16-7-4-8-17-25/h9-13,18-20,23-25,29H,3-8,14-17,21H2,1-2H3/t23-,29?/m0/s1/i21D/t21?,23-,29?. The molecule has 0 N–H and O–H groups in total. The molecule has 2 aliphatic heterocycles. The molecule has 2 heteroatoms. The number of nitrogens with zero attached hydrogens (tertiary/aromatic N) is 2. The van der Waals surface area contributed by atoms with E-state index in [1.54, 1.807) is 5.56 Å². The summed E-state index contributed by atoms with van der Waals surface area (Å²) >= 11 is 0. The van der Waals surface area contributed by atoms with E-state index in [2.05, 4.69) is 72.2 Å². The van der Waals surface area contributed by atoms with Crippen molar-refractivity contribution in [3.8, 4) is 0 Å². The number of aryl methyl sites for hydroxylation is 1. The summed E-state index contributed by atoms with van der Waals surface area (Å²) in [6.07, 6.45) is 13.5. The van der Waals surface area contributed by atoms with Gasteiger partial charge in [-0.3, -0.25) is 4.90 Å². The van der Waals surface area contributed by atoms with Gasteiger partial charge in [-0.15, -0.1) is 0 Å². The SMILES string of the molecule is [2H]C1N(c2ccccc2C)[C@@H](C)C2c3ccccc3C(C3CCCCC3)(C3CCCCC3)N21. The molecule has 2 nitrogen and oxygen atoms in total. The normalized spacial score (nSPS) is 31.4. The number of rotatable bonds is 3. The third kappa shape index (κ3) is 2.94. The smallest absolute Gasteiger partial charge is 0.0724 e. The van der Waals surface area contributed by atoms with E-state index in [-0.39, 0.29) is 12.2 Å². The molecule has 2 unspecified atom stereocenters. The molecule has 170 valence electrons. The zero-order valence-corrected chi connectivity index (χ0v) is 20.0. The Labute approximate surface area is 196 Å². The second-order valence-corrected chi connectivity index (χ2v) is 11.0. The lowest BCUT2D eigenvalue weighted by atomic mass is 9.61.